The minimum atomic E-state index is 0.0594. The van der Waals surface area contributed by atoms with Crippen molar-refractivity contribution in [3.05, 3.63) is 48.4 Å². The smallest absolute Gasteiger partial charge is 0.223 e. The molecule has 3 rings (SSSR count). The van der Waals surface area contributed by atoms with Gasteiger partial charge in [-0.05, 0) is 37.1 Å². The predicted molar refractivity (Wildman–Crippen MR) is 92.6 cm³/mol. The lowest BCUT2D eigenvalue weighted by Gasteiger charge is -2.11. The van der Waals surface area contributed by atoms with E-state index in [2.05, 4.69) is 20.6 Å². The summed E-state index contributed by atoms with van der Waals surface area (Å²) in [6, 6.07) is 9.80. The molecule has 2 heterocycles. The van der Waals surface area contributed by atoms with Gasteiger partial charge in [-0.1, -0.05) is 25.1 Å². The van der Waals surface area contributed by atoms with Crippen LogP contribution in [0.5, 0.6) is 0 Å². The number of rotatable bonds is 6. The zero-order valence-corrected chi connectivity index (χ0v) is 13.9. The van der Waals surface area contributed by atoms with Crippen molar-refractivity contribution in [2.75, 3.05) is 0 Å². The van der Waals surface area contributed by atoms with E-state index in [-0.39, 0.29) is 11.8 Å². The molecule has 0 saturated carbocycles. The molecule has 1 aromatic carbocycles. The first kappa shape index (κ1) is 16.1. The first-order valence-electron chi connectivity index (χ1n) is 8.26. The van der Waals surface area contributed by atoms with Gasteiger partial charge in [0, 0.05) is 17.5 Å². The molecule has 0 unspecified atom stereocenters. The standard InChI is InChI=1S/C18H21N5O/c1-3-13(4-2)18(24)20-11-14-12-23(22-21-14)17-9-5-8-16-15(17)7-6-10-19-16/h5-10,12-13H,3-4,11H2,1-2H3,(H,20,24). The number of carbonyl (C=O) groups excluding carboxylic acids is 1. The van der Waals surface area contributed by atoms with Crippen LogP contribution in [0.1, 0.15) is 32.4 Å². The fraction of sp³-hybridized carbons (Fsp3) is 0.333. The summed E-state index contributed by atoms with van der Waals surface area (Å²) in [5.41, 5.74) is 2.56. The van der Waals surface area contributed by atoms with Crippen molar-refractivity contribution in [1.82, 2.24) is 25.3 Å². The quantitative estimate of drug-likeness (QED) is 0.757. The zero-order chi connectivity index (χ0) is 16.9. The highest BCUT2D eigenvalue weighted by Crippen LogP contribution is 2.19. The molecule has 0 radical (unpaired) electrons. The number of amides is 1. The number of benzene rings is 1. The number of pyridine rings is 1. The van der Waals surface area contributed by atoms with Crippen molar-refractivity contribution in [2.45, 2.75) is 33.2 Å². The predicted octanol–water partition coefficient (Wildman–Crippen LogP) is 2.87. The van der Waals surface area contributed by atoms with E-state index >= 15 is 0 Å². The third kappa shape index (κ3) is 3.27. The number of fused-ring (bicyclic) bond motifs is 1. The molecule has 0 atom stereocenters. The SMILES string of the molecule is CCC(CC)C(=O)NCc1cn(-c2cccc3ncccc23)nn1. The van der Waals surface area contributed by atoms with Gasteiger partial charge in [-0.2, -0.15) is 0 Å². The van der Waals surface area contributed by atoms with E-state index in [1.165, 1.54) is 0 Å². The number of carbonyl (C=O) groups is 1. The van der Waals surface area contributed by atoms with Crippen LogP contribution in [0.25, 0.3) is 16.6 Å². The maximum atomic E-state index is 12.1. The number of hydrogen-bond donors (Lipinski definition) is 1. The van der Waals surface area contributed by atoms with Crippen LogP contribution in [0.2, 0.25) is 0 Å². The Morgan fingerprint density at radius 3 is 2.83 bits per heavy atom. The molecule has 124 valence electrons. The van der Waals surface area contributed by atoms with Crippen LogP contribution in [0.15, 0.2) is 42.7 Å². The van der Waals surface area contributed by atoms with Crippen molar-refractivity contribution >= 4 is 16.8 Å². The fourth-order valence-corrected chi connectivity index (χ4v) is 2.77. The van der Waals surface area contributed by atoms with Gasteiger partial charge in [0.05, 0.1) is 23.9 Å². The molecule has 0 fully saturated rings. The van der Waals surface area contributed by atoms with Crippen LogP contribution in [0, 0.1) is 5.92 Å². The molecule has 3 aromatic rings. The maximum absolute atomic E-state index is 12.1. The Bertz CT molecular complexity index is 833. The van der Waals surface area contributed by atoms with Gasteiger partial charge in [0.25, 0.3) is 0 Å². The van der Waals surface area contributed by atoms with Gasteiger partial charge in [-0.15, -0.1) is 5.10 Å². The highest BCUT2D eigenvalue weighted by molar-refractivity contribution is 5.86. The number of nitrogens with zero attached hydrogens (tertiary/aromatic N) is 4. The average Bonchev–Trinajstić information content (AvgIpc) is 3.09. The Morgan fingerprint density at radius 2 is 2.04 bits per heavy atom. The molecule has 6 nitrogen and oxygen atoms in total. The summed E-state index contributed by atoms with van der Waals surface area (Å²) in [5, 5.41) is 12.3. The molecule has 6 heteroatoms. The Labute approximate surface area is 140 Å². The van der Waals surface area contributed by atoms with Gasteiger partial charge in [-0.25, -0.2) is 4.68 Å². The molecule has 0 saturated heterocycles. The lowest BCUT2D eigenvalue weighted by atomic mass is 10.0. The molecular formula is C18H21N5O. The Balaban J connectivity index is 1.77. The molecule has 1 N–H and O–H groups in total. The van der Waals surface area contributed by atoms with Crippen molar-refractivity contribution in [1.29, 1.82) is 0 Å². The summed E-state index contributed by atoms with van der Waals surface area (Å²) in [6.07, 6.45) is 5.30. The van der Waals surface area contributed by atoms with Crippen LogP contribution < -0.4 is 5.32 Å². The van der Waals surface area contributed by atoms with Crippen LogP contribution in [-0.4, -0.2) is 25.9 Å². The van der Waals surface area contributed by atoms with E-state index in [9.17, 15) is 4.79 Å². The average molecular weight is 323 g/mol. The van der Waals surface area contributed by atoms with E-state index in [0.29, 0.717) is 6.54 Å². The topological polar surface area (TPSA) is 72.7 Å². The lowest BCUT2D eigenvalue weighted by molar-refractivity contribution is -0.125. The molecule has 24 heavy (non-hydrogen) atoms. The van der Waals surface area contributed by atoms with Gasteiger partial charge in [0.15, 0.2) is 0 Å². The first-order chi connectivity index (χ1) is 11.7. The normalized spacial score (nSPS) is 11.1. The lowest BCUT2D eigenvalue weighted by Crippen LogP contribution is -2.29. The molecule has 0 aliphatic heterocycles. The van der Waals surface area contributed by atoms with E-state index in [1.807, 2.05) is 50.4 Å². The van der Waals surface area contributed by atoms with E-state index in [1.54, 1.807) is 10.9 Å². The van der Waals surface area contributed by atoms with Crippen molar-refractivity contribution in [3.63, 3.8) is 0 Å². The summed E-state index contributed by atoms with van der Waals surface area (Å²) in [4.78, 5) is 16.4. The Kier molecular flexibility index (Phi) is 4.84. The van der Waals surface area contributed by atoms with Gasteiger partial charge in [-0.3, -0.25) is 9.78 Å². The Morgan fingerprint density at radius 1 is 1.21 bits per heavy atom. The van der Waals surface area contributed by atoms with Gasteiger partial charge < -0.3 is 5.32 Å². The summed E-state index contributed by atoms with van der Waals surface area (Å²) >= 11 is 0. The van der Waals surface area contributed by atoms with E-state index in [4.69, 9.17) is 0 Å². The van der Waals surface area contributed by atoms with Crippen LogP contribution in [0.3, 0.4) is 0 Å². The summed E-state index contributed by atoms with van der Waals surface area (Å²) < 4.78 is 1.72. The van der Waals surface area contributed by atoms with Gasteiger partial charge >= 0.3 is 0 Å². The first-order valence-corrected chi connectivity index (χ1v) is 8.26. The minimum Gasteiger partial charge on any atom is -0.350 e. The molecule has 0 aliphatic carbocycles. The van der Waals surface area contributed by atoms with Crippen molar-refractivity contribution in [2.24, 2.45) is 5.92 Å². The second-order valence-electron chi connectivity index (χ2n) is 5.73. The molecular weight excluding hydrogens is 302 g/mol. The monoisotopic (exact) mass is 323 g/mol. The third-order valence-electron chi connectivity index (χ3n) is 4.21. The van der Waals surface area contributed by atoms with Gasteiger partial charge in [0.1, 0.15) is 5.69 Å². The molecule has 0 bridgehead atoms. The number of nitrogens with one attached hydrogen (secondary N) is 1. The second-order valence-corrected chi connectivity index (χ2v) is 5.73. The van der Waals surface area contributed by atoms with Crippen molar-refractivity contribution in [3.8, 4) is 5.69 Å². The number of hydrogen-bond acceptors (Lipinski definition) is 4. The summed E-state index contributed by atoms with van der Waals surface area (Å²) in [7, 11) is 0. The summed E-state index contributed by atoms with van der Waals surface area (Å²) in [6.45, 7) is 4.44. The second kappa shape index (κ2) is 7.21. The molecule has 0 spiro atoms. The fourth-order valence-electron chi connectivity index (χ4n) is 2.77. The van der Waals surface area contributed by atoms with E-state index < -0.39 is 0 Å². The third-order valence-corrected chi connectivity index (χ3v) is 4.21. The minimum absolute atomic E-state index is 0.0594. The van der Waals surface area contributed by atoms with Crippen LogP contribution >= 0.6 is 0 Å². The molecule has 2 aromatic heterocycles. The highest BCUT2D eigenvalue weighted by Gasteiger charge is 2.14. The van der Waals surface area contributed by atoms with Crippen LogP contribution in [-0.2, 0) is 11.3 Å². The zero-order valence-electron chi connectivity index (χ0n) is 13.9. The maximum Gasteiger partial charge on any atom is 0.223 e. The van der Waals surface area contributed by atoms with Crippen molar-refractivity contribution < 1.29 is 4.79 Å². The molecule has 1 amide bonds. The largest absolute Gasteiger partial charge is 0.350 e. The van der Waals surface area contributed by atoms with E-state index in [0.717, 1.165) is 35.1 Å². The number of aromatic nitrogens is 4. The summed E-state index contributed by atoms with van der Waals surface area (Å²) in [5.74, 6) is 0.132. The molecule has 0 aliphatic rings. The Hall–Kier alpha value is -2.76. The highest BCUT2D eigenvalue weighted by atomic mass is 16.1. The van der Waals surface area contributed by atoms with Crippen LogP contribution in [0.4, 0.5) is 0 Å². The van der Waals surface area contributed by atoms with Gasteiger partial charge in [0.2, 0.25) is 5.91 Å².